The Bertz CT molecular complexity index is 1440. The number of benzene rings is 2. The van der Waals surface area contributed by atoms with E-state index in [1.165, 1.54) is 18.2 Å². The second kappa shape index (κ2) is 11.4. The second-order valence-electron chi connectivity index (χ2n) is 10.1. The molecule has 0 spiro atoms. The summed E-state index contributed by atoms with van der Waals surface area (Å²) in [5.74, 6) is -2.56. The van der Waals surface area contributed by atoms with E-state index in [0.717, 1.165) is 6.07 Å². The number of aryl methyl sites for hydroxylation is 1. The predicted octanol–water partition coefficient (Wildman–Crippen LogP) is 4.83. The lowest BCUT2D eigenvalue weighted by Crippen LogP contribution is -2.63. The summed E-state index contributed by atoms with van der Waals surface area (Å²) < 4.78 is 54.8. The highest BCUT2D eigenvalue weighted by Gasteiger charge is 2.46. The number of aromatic amines is 1. The van der Waals surface area contributed by atoms with Gasteiger partial charge in [-0.25, -0.2) is 9.18 Å². The number of carbonyl (C=O) groups excluding carboxylic acids is 1. The Morgan fingerprint density at radius 2 is 1.90 bits per heavy atom. The van der Waals surface area contributed by atoms with Crippen molar-refractivity contribution >= 4 is 40.1 Å². The first-order chi connectivity index (χ1) is 18.9. The number of carboxylic acids is 1. The Hall–Kier alpha value is -3.67. The highest BCUT2D eigenvalue weighted by Crippen LogP contribution is 2.40. The van der Waals surface area contributed by atoms with Crippen LogP contribution in [0.25, 0.3) is 10.9 Å². The van der Waals surface area contributed by atoms with E-state index in [-0.39, 0.29) is 47.7 Å². The van der Waals surface area contributed by atoms with Gasteiger partial charge in [0.25, 0.3) is 0 Å². The summed E-state index contributed by atoms with van der Waals surface area (Å²) in [5, 5.41) is 19.1. The molecule has 0 bridgehead atoms. The molecule has 1 aromatic heterocycles. The molecule has 214 valence electrons. The van der Waals surface area contributed by atoms with Gasteiger partial charge in [0.05, 0.1) is 11.1 Å². The standard InChI is InChI=1S/C28H30F4N4O3S/c1-3-15(2)22(35-26(40)33-14-16-7-4-5-10-20(16)29)24(37)36-27(25(38)39)12-11-21-18(13-27)17-8-6-9-19(23(17)34-21)28(30,31)32/h4-10,15,22,34H,3,11-14H2,1-2H3,(H,36,37)(H,38,39)(H2,33,35,40)/t15-,22-,27?/m0/s1. The molecule has 2 aromatic carbocycles. The molecule has 1 aliphatic rings. The smallest absolute Gasteiger partial charge is 0.418 e. The molecule has 0 saturated heterocycles. The number of para-hydroxylation sites is 1. The largest absolute Gasteiger partial charge is 0.479 e. The van der Waals surface area contributed by atoms with Crippen LogP contribution < -0.4 is 16.0 Å². The number of nitrogens with one attached hydrogen (secondary N) is 4. The number of aromatic nitrogens is 1. The minimum Gasteiger partial charge on any atom is -0.479 e. The van der Waals surface area contributed by atoms with Crippen molar-refractivity contribution in [3.05, 3.63) is 70.7 Å². The second-order valence-corrected chi connectivity index (χ2v) is 10.6. The molecule has 40 heavy (non-hydrogen) atoms. The maximum absolute atomic E-state index is 14.0. The average molecular weight is 579 g/mol. The Labute approximate surface area is 233 Å². The number of hydrogen-bond acceptors (Lipinski definition) is 3. The van der Waals surface area contributed by atoms with Crippen LogP contribution in [-0.2, 0) is 35.2 Å². The molecule has 0 aliphatic heterocycles. The number of halogens is 4. The first-order valence-corrected chi connectivity index (χ1v) is 13.3. The molecule has 3 atom stereocenters. The Kier molecular flexibility index (Phi) is 8.38. The molecule has 1 unspecified atom stereocenters. The van der Waals surface area contributed by atoms with E-state index < -0.39 is 41.0 Å². The summed E-state index contributed by atoms with van der Waals surface area (Å²) in [6, 6.07) is 9.03. The molecule has 4 rings (SSSR count). The number of hydrogen-bond donors (Lipinski definition) is 5. The van der Waals surface area contributed by atoms with E-state index in [1.807, 2.05) is 13.8 Å². The fourth-order valence-corrected chi connectivity index (χ4v) is 5.27. The van der Waals surface area contributed by atoms with Crippen LogP contribution in [0.2, 0.25) is 0 Å². The predicted molar refractivity (Wildman–Crippen MR) is 146 cm³/mol. The van der Waals surface area contributed by atoms with Crippen LogP contribution in [0.15, 0.2) is 42.5 Å². The third-order valence-corrected chi connectivity index (χ3v) is 7.83. The quantitative estimate of drug-likeness (QED) is 0.194. The van der Waals surface area contributed by atoms with Gasteiger partial charge in [-0.15, -0.1) is 0 Å². The van der Waals surface area contributed by atoms with Gasteiger partial charge in [0.2, 0.25) is 5.91 Å². The number of alkyl halides is 3. The third-order valence-electron chi connectivity index (χ3n) is 7.57. The lowest BCUT2D eigenvalue weighted by molar-refractivity contribution is -0.148. The van der Waals surface area contributed by atoms with Gasteiger partial charge in [0, 0.05) is 29.6 Å². The van der Waals surface area contributed by atoms with Crippen LogP contribution >= 0.6 is 12.2 Å². The first-order valence-electron chi connectivity index (χ1n) is 12.9. The maximum Gasteiger partial charge on any atom is 0.418 e. The number of fused-ring (bicyclic) bond motifs is 3. The van der Waals surface area contributed by atoms with E-state index >= 15 is 0 Å². The summed E-state index contributed by atoms with van der Waals surface area (Å²) in [6.45, 7) is 3.75. The molecule has 0 fully saturated rings. The van der Waals surface area contributed by atoms with Crippen LogP contribution in [0.4, 0.5) is 17.6 Å². The molecule has 1 heterocycles. The van der Waals surface area contributed by atoms with Crippen LogP contribution in [0.3, 0.4) is 0 Å². The fraction of sp³-hybridized carbons (Fsp3) is 0.393. The van der Waals surface area contributed by atoms with Gasteiger partial charge < -0.3 is 26.0 Å². The van der Waals surface area contributed by atoms with Crippen molar-refractivity contribution < 1.29 is 32.3 Å². The van der Waals surface area contributed by atoms with Gasteiger partial charge in [-0.05, 0) is 48.7 Å². The molecule has 1 amide bonds. The molecule has 1 aliphatic carbocycles. The van der Waals surface area contributed by atoms with Gasteiger partial charge in [-0.1, -0.05) is 50.6 Å². The highest BCUT2D eigenvalue weighted by atomic mass is 32.1. The van der Waals surface area contributed by atoms with E-state index in [0.29, 0.717) is 23.2 Å². The van der Waals surface area contributed by atoms with E-state index in [1.54, 1.807) is 18.2 Å². The minimum absolute atomic E-state index is 0.0154. The third kappa shape index (κ3) is 5.91. The zero-order valence-corrected chi connectivity index (χ0v) is 22.7. The minimum atomic E-state index is -4.58. The maximum atomic E-state index is 14.0. The summed E-state index contributed by atoms with van der Waals surface area (Å²) in [7, 11) is 0. The van der Waals surface area contributed by atoms with Gasteiger partial charge >= 0.3 is 12.1 Å². The van der Waals surface area contributed by atoms with E-state index in [2.05, 4.69) is 20.9 Å². The Balaban J connectivity index is 1.56. The SMILES string of the molecule is CC[C@H](C)[C@H](NC(=S)NCc1ccccc1F)C(=O)NC1(C(=O)O)CCc2[nH]c3c(C(F)(F)F)cccc3c2C1. The summed E-state index contributed by atoms with van der Waals surface area (Å²) in [4.78, 5) is 29.0. The Morgan fingerprint density at radius 1 is 1.18 bits per heavy atom. The molecule has 0 radical (unpaired) electrons. The normalized spacial score (nSPS) is 18.4. The molecular weight excluding hydrogens is 548 g/mol. The van der Waals surface area contributed by atoms with Gasteiger partial charge in [-0.3, -0.25) is 4.79 Å². The fourth-order valence-electron chi connectivity index (χ4n) is 5.08. The number of rotatable bonds is 8. The number of thiocarbonyl (C=S) groups is 1. The van der Waals surface area contributed by atoms with Crippen molar-refractivity contribution in [2.45, 2.75) is 63.8 Å². The van der Waals surface area contributed by atoms with Crippen LogP contribution in [0.5, 0.6) is 0 Å². The van der Waals surface area contributed by atoms with Gasteiger partial charge in [0.15, 0.2) is 5.11 Å². The topological polar surface area (TPSA) is 106 Å². The number of amides is 1. The Morgan fingerprint density at radius 3 is 2.55 bits per heavy atom. The van der Waals surface area contributed by atoms with Crippen molar-refractivity contribution in [1.29, 1.82) is 0 Å². The molecular formula is C28H30F4N4O3S. The molecule has 7 nitrogen and oxygen atoms in total. The molecule has 5 N–H and O–H groups in total. The monoisotopic (exact) mass is 578 g/mol. The van der Waals surface area contributed by atoms with Crippen molar-refractivity contribution in [3.8, 4) is 0 Å². The van der Waals surface area contributed by atoms with Gasteiger partial charge in [-0.2, -0.15) is 13.2 Å². The summed E-state index contributed by atoms with van der Waals surface area (Å²) in [5.41, 5.74) is -1.33. The molecule has 0 saturated carbocycles. The van der Waals surface area contributed by atoms with Gasteiger partial charge in [0.1, 0.15) is 17.4 Å². The number of aliphatic carboxylic acids is 1. The lowest BCUT2D eigenvalue weighted by atomic mass is 9.79. The van der Waals surface area contributed by atoms with Crippen LogP contribution in [0.1, 0.15) is 49.1 Å². The summed E-state index contributed by atoms with van der Waals surface area (Å²) in [6.07, 6.45) is -4.09. The van der Waals surface area contributed by atoms with E-state index in [4.69, 9.17) is 12.2 Å². The average Bonchev–Trinajstić information content (AvgIpc) is 3.27. The van der Waals surface area contributed by atoms with Crippen molar-refractivity contribution in [3.63, 3.8) is 0 Å². The lowest BCUT2D eigenvalue weighted by Gasteiger charge is -2.36. The molecule has 12 heteroatoms. The highest BCUT2D eigenvalue weighted by molar-refractivity contribution is 7.80. The number of carboxylic acid groups (broad SMARTS) is 1. The number of H-pyrrole nitrogens is 1. The summed E-state index contributed by atoms with van der Waals surface area (Å²) >= 11 is 5.34. The van der Waals surface area contributed by atoms with Crippen LogP contribution in [-0.4, -0.2) is 38.7 Å². The van der Waals surface area contributed by atoms with Crippen molar-refractivity contribution in [2.75, 3.05) is 0 Å². The molecule has 3 aromatic rings. The number of carbonyl (C=O) groups is 2. The van der Waals surface area contributed by atoms with Crippen molar-refractivity contribution in [2.24, 2.45) is 5.92 Å². The zero-order chi connectivity index (χ0) is 29.2. The zero-order valence-electron chi connectivity index (χ0n) is 21.9. The van der Waals surface area contributed by atoms with Crippen LogP contribution in [0, 0.1) is 11.7 Å². The van der Waals surface area contributed by atoms with Crippen molar-refractivity contribution in [1.82, 2.24) is 20.9 Å². The van der Waals surface area contributed by atoms with E-state index in [9.17, 15) is 32.3 Å². The first kappa shape index (κ1) is 29.3.